The molecule has 13 nitrogen and oxygen atoms in total. The van der Waals surface area contributed by atoms with Crippen molar-refractivity contribution < 1.29 is 28.4 Å². The maximum absolute atomic E-state index is 13.7. The fraction of sp³-hybridized carbons (Fsp3) is 0.270. The molecule has 0 saturated carbocycles. The molecule has 1 saturated heterocycles. The molecule has 5 aromatic rings. The first kappa shape index (κ1) is 32.4. The number of ether oxygens (including phenoxy) is 2. The van der Waals surface area contributed by atoms with Gasteiger partial charge in [-0.2, -0.15) is 4.98 Å². The molecule has 3 amide bonds. The molecule has 13 heteroatoms. The maximum Gasteiger partial charge on any atom is 0.258 e. The number of carbonyl (C=O) groups is 3. The van der Waals surface area contributed by atoms with Crippen molar-refractivity contribution in [3.8, 4) is 34.0 Å². The lowest BCUT2D eigenvalue weighted by Gasteiger charge is -2.39. The number of piperidine rings is 1. The Morgan fingerprint density at radius 3 is 2.60 bits per heavy atom. The van der Waals surface area contributed by atoms with E-state index in [2.05, 4.69) is 30.7 Å². The topological polar surface area (TPSA) is 162 Å². The van der Waals surface area contributed by atoms with Gasteiger partial charge < -0.3 is 29.5 Å². The molecule has 3 aliphatic heterocycles. The summed E-state index contributed by atoms with van der Waals surface area (Å²) in [5.41, 5.74) is 3.51. The summed E-state index contributed by atoms with van der Waals surface area (Å²) in [5, 5.41) is 10.0. The van der Waals surface area contributed by atoms with Crippen molar-refractivity contribution in [1.82, 2.24) is 35.6 Å². The Labute approximate surface area is 288 Å². The van der Waals surface area contributed by atoms with Gasteiger partial charge in [-0.25, -0.2) is 0 Å². The molecule has 8 rings (SSSR count). The summed E-state index contributed by atoms with van der Waals surface area (Å²) in [4.78, 5) is 54.2. The fourth-order valence-electron chi connectivity index (χ4n) is 5.95. The summed E-state index contributed by atoms with van der Waals surface area (Å²) >= 11 is 0. The van der Waals surface area contributed by atoms with Gasteiger partial charge in [0.05, 0.1) is 11.6 Å². The second-order valence-corrected chi connectivity index (χ2v) is 12.2. The van der Waals surface area contributed by atoms with Crippen LogP contribution in [0.3, 0.4) is 0 Å². The molecule has 3 aliphatic rings. The number of likely N-dealkylation sites (tertiary alicyclic amines) is 1. The number of nitrogens with one attached hydrogen (secondary N) is 2. The molecule has 6 bridgehead atoms. The number of carbonyl (C=O) groups excluding carboxylic acids is 3. The molecule has 6 heterocycles. The predicted octanol–water partition coefficient (Wildman–Crippen LogP) is 4.00. The molecular formula is C37H35N7O6. The Hall–Kier alpha value is -6.11. The lowest BCUT2D eigenvalue weighted by Crippen LogP contribution is -2.58. The van der Waals surface area contributed by atoms with Crippen LogP contribution in [0.2, 0.25) is 0 Å². The van der Waals surface area contributed by atoms with E-state index < -0.39 is 12.1 Å². The monoisotopic (exact) mass is 673 g/mol. The molecule has 50 heavy (non-hydrogen) atoms. The Kier molecular flexibility index (Phi) is 9.72. The molecule has 0 spiro atoms. The maximum atomic E-state index is 13.7. The van der Waals surface area contributed by atoms with Crippen LogP contribution in [0.15, 0.2) is 96.0 Å². The largest absolute Gasteiger partial charge is 0.488 e. The third-order valence-electron chi connectivity index (χ3n) is 8.63. The van der Waals surface area contributed by atoms with Crippen molar-refractivity contribution in [3.05, 3.63) is 109 Å². The fourth-order valence-corrected chi connectivity index (χ4v) is 5.95. The molecule has 254 valence electrons. The molecule has 2 N–H and O–H groups in total. The van der Waals surface area contributed by atoms with Gasteiger partial charge in [0, 0.05) is 74.8 Å². The van der Waals surface area contributed by atoms with Crippen LogP contribution in [0.4, 0.5) is 0 Å². The van der Waals surface area contributed by atoms with Crippen LogP contribution < -0.4 is 20.1 Å². The SMILES string of the molecule is O=C1COc2cccc(c2)-c2cncc(c2)C(=O)N[C@@H]2CN(C(=O)CCCc3nc(-c4cccnc4)no3)CC[C@@H]2Oc2ccc(cc2)CN1. The molecule has 3 aromatic heterocycles. The molecular weight excluding hydrogens is 638 g/mol. The van der Waals surface area contributed by atoms with E-state index in [1.165, 1.54) is 6.20 Å². The van der Waals surface area contributed by atoms with Crippen molar-refractivity contribution in [1.29, 1.82) is 0 Å². The van der Waals surface area contributed by atoms with Gasteiger partial charge in [0.2, 0.25) is 17.6 Å². The number of aromatic nitrogens is 4. The highest BCUT2D eigenvalue weighted by Crippen LogP contribution is 2.26. The Balaban J connectivity index is 1.06. The van der Waals surface area contributed by atoms with Crippen molar-refractivity contribution in [2.75, 3.05) is 19.7 Å². The molecule has 0 radical (unpaired) electrons. The van der Waals surface area contributed by atoms with E-state index in [4.69, 9.17) is 14.0 Å². The van der Waals surface area contributed by atoms with Gasteiger partial charge in [0.15, 0.2) is 6.61 Å². The average molecular weight is 674 g/mol. The normalized spacial score (nSPS) is 17.8. The van der Waals surface area contributed by atoms with E-state index in [9.17, 15) is 14.4 Å². The minimum atomic E-state index is -0.497. The van der Waals surface area contributed by atoms with Gasteiger partial charge >= 0.3 is 0 Å². The van der Waals surface area contributed by atoms with Gasteiger partial charge in [-0.3, -0.25) is 24.4 Å². The highest BCUT2D eigenvalue weighted by Gasteiger charge is 2.34. The Morgan fingerprint density at radius 1 is 0.900 bits per heavy atom. The summed E-state index contributed by atoms with van der Waals surface area (Å²) in [5.74, 6) is 1.43. The van der Waals surface area contributed by atoms with Crippen LogP contribution in [0, 0.1) is 0 Å². The van der Waals surface area contributed by atoms with Gasteiger partial charge in [-0.1, -0.05) is 29.4 Å². The van der Waals surface area contributed by atoms with Crippen LogP contribution in [0.25, 0.3) is 22.5 Å². The van der Waals surface area contributed by atoms with Gasteiger partial charge in [-0.05, 0) is 60.0 Å². The van der Waals surface area contributed by atoms with Crippen LogP contribution in [-0.2, 0) is 22.6 Å². The lowest BCUT2D eigenvalue weighted by atomic mass is 10.00. The number of hydrogen-bond donors (Lipinski definition) is 2. The highest BCUT2D eigenvalue weighted by molar-refractivity contribution is 5.95. The zero-order valence-corrected chi connectivity index (χ0v) is 27.2. The van der Waals surface area contributed by atoms with Crippen molar-refractivity contribution in [3.63, 3.8) is 0 Å². The number of fused-ring (bicyclic) bond motifs is 7. The number of hydrogen-bond acceptors (Lipinski definition) is 10. The summed E-state index contributed by atoms with van der Waals surface area (Å²) in [6, 6.07) is 19.6. The van der Waals surface area contributed by atoms with E-state index in [1.54, 1.807) is 47.8 Å². The molecule has 0 unspecified atom stereocenters. The first-order valence-electron chi connectivity index (χ1n) is 16.5. The second-order valence-electron chi connectivity index (χ2n) is 12.2. The van der Waals surface area contributed by atoms with Gasteiger partial charge in [0.25, 0.3) is 11.8 Å². The van der Waals surface area contributed by atoms with Gasteiger partial charge in [0.1, 0.15) is 17.6 Å². The van der Waals surface area contributed by atoms with E-state index in [0.29, 0.717) is 66.7 Å². The summed E-state index contributed by atoms with van der Waals surface area (Å²) in [6.45, 7) is 0.942. The number of amides is 3. The quantitative estimate of drug-likeness (QED) is 0.279. The third-order valence-corrected chi connectivity index (χ3v) is 8.63. The number of benzene rings is 2. The van der Waals surface area contributed by atoms with E-state index in [1.807, 2.05) is 42.5 Å². The van der Waals surface area contributed by atoms with E-state index in [-0.39, 0.29) is 37.3 Å². The number of aryl methyl sites for hydroxylation is 1. The number of rotatable bonds is 5. The zero-order valence-electron chi connectivity index (χ0n) is 27.2. The second kappa shape index (κ2) is 15.0. The molecule has 1 fully saturated rings. The first-order chi connectivity index (χ1) is 24.5. The Bertz CT molecular complexity index is 1970. The smallest absolute Gasteiger partial charge is 0.258 e. The van der Waals surface area contributed by atoms with Crippen LogP contribution in [0.1, 0.15) is 41.1 Å². The Morgan fingerprint density at radius 2 is 1.74 bits per heavy atom. The minimum absolute atomic E-state index is 0.0340. The third kappa shape index (κ3) is 7.95. The molecule has 0 aliphatic carbocycles. The van der Waals surface area contributed by atoms with Gasteiger partial charge in [-0.15, -0.1) is 0 Å². The average Bonchev–Trinajstić information content (AvgIpc) is 3.63. The first-order valence-corrected chi connectivity index (χ1v) is 16.5. The summed E-state index contributed by atoms with van der Waals surface area (Å²) in [7, 11) is 0. The predicted molar refractivity (Wildman–Crippen MR) is 181 cm³/mol. The highest BCUT2D eigenvalue weighted by atomic mass is 16.5. The van der Waals surface area contributed by atoms with Crippen molar-refractivity contribution in [2.24, 2.45) is 0 Å². The number of pyridine rings is 2. The van der Waals surface area contributed by atoms with Crippen molar-refractivity contribution >= 4 is 17.7 Å². The van der Waals surface area contributed by atoms with Crippen LogP contribution >= 0.6 is 0 Å². The number of nitrogens with zero attached hydrogens (tertiary/aromatic N) is 5. The summed E-state index contributed by atoms with van der Waals surface area (Å²) in [6.07, 6.45) is 7.89. The molecule has 2 atom stereocenters. The summed E-state index contributed by atoms with van der Waals surface area (Å²) < 4.78 is 17.5. The van der Waals surface area contributed by atoms with Crippen LogP contribution in [0.5, 0.6) is 11.5 Å². The standard InChI is InChI=1S/C37H35N7O6/c45-33-23-48-30-6-1-4-25(17-30)27-16-28(21-39-20-27)37(47)41-31-22-44(15-13-32(31)49-29-11-9-24(10-12-29)18-40-33)35(46)8-2-7-34-42-36(43-50-34)26-5-3-14-38-19-26/h1,3-6,9-12,14,16-17,19-21,31-32H,2,7-8,13,15,18,22-23H2,(H,40,45)(H,41,47)/t31-,32+/m1/s1. The van der Waals surface area contributed by atoms with Crippen molar-refractivity contribution in [2.45, 2.75) is 44.4 Å². The van der Waals surface area contributed by atoms with E-state index >= 15 is 0 Å². The minimum Gasteiger partial charge on any atom is -0.488 e. The lowest BCUT2D eigenvalue weighted by molar-refractivity contribution is -0.133. The van der Waals surface area contributed by atoms with Crippen LogP contribution in [-0.4, -0.2) is 74.6 Å². The molecule has 2 aromatic carbocycles. The zero-order chi connectivity index (χ0) is 34.3. The van der Waals surface area contributed by atoms with E-state index in [0.717, 1.165) is 16.7 Å².